The number of halogens is 1. The van der Waals surface area contributed by atoms with E-state index in [4.69, 9.17) is 0 Å². The minimum absolute atomic E-state index is 0.525. The molecule has 0 N–H and O–H groups in total. The van der Waals surface area contributed by atoms with Gasteiger partial charge in [0, 0.05) is 31.4 Å². The maximum atomic E-state index is 4.39. The first-order valence-electron chi connectivity index (χ1n) is 8.47. The van der Waals surface area contributed by atoms with E-state index in [1.807, 2.05) is 12.4 Å². The predicted molar refractivity (Wildman–Crippen MR) is 99.4 cm³/mol. The molecule has 0 atom stereocenters. The van der Waals surface area contributed by atoms with Gasteiger partial charge in [0.1, 0.15) is 0 Å². The number of hydrogen-bond acceptors (Lipinski definition) is 4. The Morgan fingerprint density at radius 1 is 1.17 bits per heavy atom. The molecule has 0 saturated heterocycles. The molecular weight excluding hydrogens is 352 g/mol. The van der Waals surface area contributed by atoms with E-state index in [2.05, 4.69) is 68.6 Å². The summed E-state index contributed by atoms with van der Waals surface area (Å²) in [5.41, 5.74) is 0. The van der Waals surface area contributed by atoms with E-state index >= 15 is 0 Å². The van der Waals surface area contributed by atoms with Crippen LogP contribution in [0.5, 0.6) is 0 Å². The van der Waals surface area contributed by atoms with Crippen LogP contribution in [0.1, 0.15) is 39.0 Å². The zero-order chi connectivity index (χ0) is 16.7. The summed E-state index contributed by atoms with van der Waals surface area (Å²) in [7, 11) is 4.24. The van der Waals surface area contributed by atoms with Crippen molar-refractivity contribution in [2.75, 3.05) is 32.1 Å². The second-order valence-corrected chi connectivity index (χ2v) is 7.29. The Balaban J connectivity index is 1.79. The number of aromatic nitrogens is 2. The summed E-state index contributed by atoms with van der Waals surface area (Å²) in [6.07, 6.45) is 9.49. The third-order valence-corrected chi connectivity index (χ3v) is 4.84. The first-order chi connectivity index (χ1) is 11.1. The second kappa shape index (κ2) is 9.24. The Hall–Kier alpha value is -1.12. The van der Waals surface area contributed by atoms with Crippen LogP contribution in [0.15, 0.2) is 16.9 Å². The van der Waals surface area contributed by atoms with Crippen molar-refractivity contribution >= 4 is 21.9 Å². The molecule has 1 saturated carbocycles. The number of hydrogen-bond donors (Lipinski definition) is 0. The van der Waals surface area contributed by atoms with Crippen molar-refractivity contribution in [2.45, 2.75) is 45.1 Å². The van der Waals surface area contributed by atoms with E-state index in [1.54, 1.807) is 0 Å². The largest absolute Gasteiger partial charge is 0.341 e. The van der Waals surface area contributed by atoms with Crippen LogP contribution in [0.2, 0.25) is 0 Å². The van der Waals surface area contributed by atoms with E-state index in [-0.39, 0.29) is 0 Å². The maximum absolute atomic E-state index is 4.39. The SMILES string of the molecule is CCCN(C)CC#C[C@H]1CC[C@H](N(C)c2ncc(Br)cn2)CC1. The van der Waals surface area contributed by atoms with E-state index in [0.717, 1.165) is 23.5 Å². The van der Waals surface area contributed by atoms with E-state index < -0.39 is 0 Å². The van der Waals surface area contributed by atoms with Gasteiger partial charge in [-0.3, -0.25) is 4.90 Å². The van der Waals surface area contributed by atoms with Crippen molar-refractivity contribution in [1.82, 2.24) is 14.9 Å². The van der Waals surface area contributed by atoms with Crippen LogP contribution in [-0.4, -0.2) is 48.1 Å². The van der Waals surface area contributed by atoms with Crippen LogP contribution in [0.3, 0.4) is 0 Å². The van der Waals surface area contributed by atoms with E-state index in [9.17, 15) is 0 Å². The van der Waals surface area contributed by atoms with Gasteiger partial charge in [-0.1, -0.05) is 18.8 Å². The van der Waals surface area contributed by atoms with Gasteiger partial charge in [-0.25, -0.2) is 9.97 Å². The van der Waals surface area contributed by atoms with E-state index in [1.165, 1.54) is 32.1 Å². The standard InChI is InChI=1S/C18H27BrN4/c1-4-11-22(2)12-5-6-15-7-9-17(10-8-15)23(3)18-20-13-16(19)14-21-18/h13-15,17H,4,7-12H2,1-3H3/t15-,17-. The molecule has 2 rings (SSSR count). The monoisotopic (exact) mass is 378 g/mol. The van der Waals surface area contributed by atoms with Crippen molar-refractivity contribution in [1.29, 1.82) is 0 Å². The Labute approximate surface area is 148 Å². The normalized spacial score (nSPS) is 20.9. The molecule has 0 unspecified atom stereocenters. The lowest BCUT2D eigenvalue weighted by atomic mass is 9.86. The summed E-state index contributed by atoms with van der Waals surface area (Å²) < 4.78 is 0.918. The van der Waals surface area contributed by atoms with Gasteiger partial charge in [0.25, 0.3) is 0 Å². The zero-order valence-corrected chi connectivity index (χ0v) is 16.0. The lowest BCUT2D eigenvalue weighted by Gasteiger charge is -2.33. The van der Waals surface area contributed by atoms with Crippen molar-refractivity contribution in [3.63, 3.8) is 0 Å². The summed E-state index contributed by atoms with van der Waals surface area (Å²) in [6.45, 7) is 4.22. The third kappa shape index (κ3) is 5.78. The molecule has 1 aromatic rings. The van der Waals surface area contributed by atoms with Gasteiger partial charge in [0.05, 0.1) is 11.0 Å². The number of nitrogens with zero attached hydrogens (tertiary/aromatic N) is 4. The fraction of sp³-hybridized carbons (Fsp3) is 0.667. The Morgan fingerprint density at radius 2 is 1.83 bits per heavy atom. The molecule has 5 heteroatoms. The van der Waals surface area contributed by atoms with Gasteiger partial charge in [-0.05, 0) is 61.6 Å². The molecule has 1 aliphatic carbocycles. The molecule has 0 amide bonds. The Morgan fingerprint density at radius 3 is 2.43 bits per heavy atom. The number of anilines is 1. The van der Waals surface area contributed by atoms with Crippen LogP contribution >= 0.6 is 15.9 Å². The highest BCUT2D eigenvalue weighted by molar-refractivity contribution is 9.10. The van der Waals surface area contributed by atoms with E-state index in [0.29, 0.717) is 12.0 Å². The predicted octanol–water partition coefficient (Wildman–Crippen LogP) is 3.58. The van der Waals surface area contributed by atoms with Crippen LogP contribution in [-0.2, 0) is 0 Å². The highest BCUT2D eigenvalue weighted by Crippen LogP contribution is 2.28. The Bertz CT molecular complexity index is 526. The summed E-state index contributed by atoms with van der Waals surface area (Å²) >= 11 is 3.38. The molecule has 0 bridgehead atoms. The quantitative estimate of drug-likeness (QED) is 0.732. The fourth-order valence-electron chi connectivity index (χ4n) is 3.04. The second-order valence-electron chi connectivity index (χ2n) is 6.38. The minimum Gasteiger partial charge on any atom is -0.341 e. The Kier molecular flexibility index (Phi) is 7.32. The highest BCUT2D eigenvalue weighted by atomic mass is 79.9. The molecule has 126 valence electrons. The van der Waals surface area contributed by atoms with Gasteiger partial charge >= 0.3 is 0 Å². The highest BCUT2D eigenvalue weighted by Gasteiger charge is 2.24. The molecule has 1 aliphatic rings. The average molecular weight is 379 g/mol. The van der Waals surface area contributed by atoms with Crippen LogP contribution in [0, 0.1) is 17.8 Å². The molecule has 0 aliphatic heterocycles. The zero-order valence-electron chi connectivity index (χ0n) is 14.4. The minimum atomic E-state index is 0.525. The van der Waals surface area contributed by atoms with Crippen LogP contribution in [0.4, 0.5) is 5.95 Å². The van der Waals surface area contributed by atoms with Gasteiger partial charge in [0.15, 0.2) is 0 Å². The first kappa shape index (κ1) is 18.2. The number of rotatable bonds is 5. The average Bonchev–Trinajstić information content (AvgIpc) is 2.56. The molecule has 1 fully saturated rings. The van der Waals surface area contributed by atoms with Gasteiger partial charge in [-0.15, -0.1) is 0 Å². The molecule has 0 aromatic carbocycles. The molecule has 0 spiro atoms. The van der Waals surface area contributed by atoms with Gasteiger partial charge in [0.2, 0.25) is 5.95 Å². The summed E-state index contributed by atoms with van der Waals surface area (Å²) in [6, 6.07) is 0.525. The van der Waals surface area contributed by atoms with Crippen molar-refractivity contribution in [3.8, 4) is 11.8 Å². The molecule has 4 nitrogen and oxygen atoms in total. The topological polar surface area (TPSA) is 32.3 Å². The summed E-state index contributed by atoms with van der Waals surface area (Å²) in [5, 5.41) is 0. The molecule has 23 heavy (non-hydrogen) atoms. The molecule has 1 heterocycles. The lowest BCUT2D eigenvalue weighted by Crippen LogP contribution is -2.36. The van der Waals surface area contributed by atoms with Crippen molar-refractivity contribution in [2.24, 2.45) is 5.92 Å². The molecular formula is C18H27BrN4. The third-order valence-electron chi connectivity index (χ3n) is 4.43. The lowest BCUT2D eigenvalue weighted by molar-refractivity contribution is 0.367. The summed E-state index contributed by atoms with van der Waals surface area (Å²) in [5.74, 6) is 8.19. The molecule has 0 radical (unpaired) electrons. The summed E-state index contributed by atoms with van der Waals surface area (Å²) in [4.78, 5) is 13.3. The van der Waals surface area contributed by atoms with Crippen molar-refractivity contribution < 1.29 is 0 Å². The van der Waals surface area contributed by atoms with Crippen LogP contribution in [0.25, 0.3) is 0 Å². The van der Waals surface area contributed by atoms with Crippen LogP contribution < -0.4 is 4.90 Å². The maximum Gasteiger partial charge on any atom is 0.225 e. The van der Waals surface area contributed by atoms with Crippen molar-refractivity contribution in [3.05, 3.63) is 16.9 Å². The first-order valence-corrected chi connectivity index (χ1v) is 9.26. The fourth-order valence-corrected chi connectivity index (χ4v) is 3.25. The molecule has 1 aromatic heterocycles. The van der Waals surface area contributed by atoms with Gasteiger partial charge in [-0.2, -0.15) is 0 Å². The van der Waals surface area contributed by atoms with Gasteiger partial charge < -0.3 is 4.90 Å². The smallest absolute Gasteiger partial charge is 0.225 e.